The minimum absolute atomic E-state index is 0.0252. The zero-order chi connectivity index (χ0) is 17.6. The quantitative estimate of drug-likeness (QED) is 0.838. The fourth-order valence-electron chi connectivity index (χ4n) is 2.62. The fourth-order valence-corrected chi connectivity index (χ4v) is 2.62. The van der Waals surface area contributed by atoms with Crippen LogP contribution in [0.2, 0.25) is 0 Å². The summed E-state index contributed by atoms with van der Waals surface area (Å²) < 4.78 is 11.1. The highest BCUT2D eigenvalue weighted by Crippen LogP contribution is 2.24. The number of nitrogens with one attached hydrogen (secondary N) is 2. The largest absolute Gasteiger partial charge is 0.491 e. The lowest BCUT2D eigenvalue weighted by atomic mass is 9.87. The lowest BCUT2D eigenvalue weighted by molar-refractivity contribution is -0.123. The number of carbonyl (C=O) groups excluding carboxylic acids is 1. The van der Waals surface area contributed by atoms with Crippen molar-refractivity contribution in [2.45, 2.75) is 51.6 Å². The molecule has 2 rings (SSSR count). The second kappa shape index (κ2) is 8.49. The molecule has 2 atom stereocenters. The molecule has 134 valence electrons. The van der Waals surface area contributed by atoms with Crippen molar-refractivity contribution in [2.75, 3.05) is 26.4 Å². The zero-order valence-corrected chi connectivity index (χ0v) is 15.2. The predicted molar refractivity (Wildman–Crippen MR) is 95.5 cm³/mol. The standard InChI is InChI=1S/C19H30N2O3/c1-14(21-18(22)11-16-13-23-10-9-20-16)12-24-17-7-5-15(6-8-17)19(2,3)4/h5-8,14,16,20H,9-13H2,1-4H3,(H,21,22). The molecule has 0 radical (unpaired) electrons. The Bertz CT molecular complexity index is 516. The molecular weight excluding hydrogens is 304 g/mol. The minimum Gasteiger partial charge on any atom is -0.491 e. The Hall–Kier alpha value is -1.59. The Morgan fingerprint density at radius 2 is 2.08 bits per heavy atom. The van der Waals surface area contributed by atoms with Gasteiger partial charge in [0.25, 0.3) is 0 Å². The van der Waals surface area contributed by atoms with Crippen molar-refractivity contribution in [3.05, 3.63) is 29.8 Å². The van der Waals surface area contributed by atoms with Crippen molar-refractivity contribution < 1.29 is 14.3 Å². The van der Waals surface area contributed by atoms with E-state index in [2.05, 4.69) is 43.5 Å². The molecule has 2 N–H and O–H groups in total. The van der Waals surface area contributed by atoms with Gasteiger partial charge in [-0.25, -0.2) is 0 Å². The van der Waals surface area contributed by atoms with E-state index in [1.54, 1.807) is 0 Å². The van der Waals surface area contributed by atoms with Crippen LogP contribution >= 0.6 is 0 Å². The molecule has 1 heterocycles. The van der Waals surface area contributed by atoms with Crippen LogP contribution in [-0.2, 0) is 14.9 Å². The summed E-state index contributed by atoms with van der Waals surface area (Å²) in [7, 11) is 0. The molecule has 1 aliphatic heterocycles. The van der Waals surface area contributed by atoms with Gasteiger partial charge in [-0.3, -0.25) is 4.79 Å². The van der Waals surface area contributed by atoms with Crippen LogP contribution in [0, 0.1) is 0 Å². The number of amides is 1. The Morgan fingerprint density at radius 3 is 2.67 bits per heavy atom. The number of hydrogen-bond acceptors (Lipinski definition) is 4. The summed E-state index contributed by atoms with van der Waals surface area (Å²) in [5.74, 6) is 0.851. The van der Waals surface area contributed by atoms with Gasteiger partial charge < -0.3 is 20.1 Å². The first-order valence-electron chi connectivity index (χ1n) is 8.68. The van der Waals surface area contributed by atoms with Gasteiger partial charge in [-0.05, 0) is 30.0 Å². The van der Waals surface area contributed by atoms with E-state index in [1.165, 1.54) is 5.56 Å². The molecule has 1 fully saturated rings. The van der Waals surface area contributed by atoms with E-state index in [4.69, 9.17) is 9.47 Å². The van der Waals surface area contributed by atoms with E-state index in [-0.39, 0.29) is 23.4 Å². The smallest absolute Gasteiger partial charge is 0.221 e. The van der Waals surface area contributed by atoms with Crippen molar-refractivity contribution in [3.63, 3.8) is 0 Å². The Labute approximate surface area is 145 Å². The van der Waals surface area contributed by atoms with Gasteiger partial charge in [0.1, 0.15) is 12.4 Å². The topological polar surface area (TPSA) is 59.6 Å². The lowest BCUT2D eigenvalue weighted by Gasteiger charge is -2.24. The van der Waals surface area contributed by atoms with E-state index in [0.717, 1.165) is 18.9 Å². The number of carbonyl (C=O) groups is 1. The van der Waals surface area contributed by atoms with Gasteiger partial charge in [0.2, 0.25) is 5.91 Å². The lowest BCUT2D eigenvalue weighted by Crippen LogP contribution is -2.46. The Balaban J connectivity index is 1.72. The highest BCUT2D eigenvalue weighted by molar-refractivity contribution is 5.76. The van der Waals surface area contributed by atoms with Gasteiger partial charge in [-0.1, -0.05) is 32.9 Å². The van der Waals surface area contributed by atoms with E-state index in [0.29, 0.717) is 19.6 Å². The van der Waals surface area contributed by atoms with Crippen molar-refractivity contribution in [1.82, 2.24) is 10.6 Å². The van der Waals surface area contributed by atoms with Gasteiger partial charge in [0.15, 0.2) is 0 Å². The Kier molecular flexibility index (Phi) is 6.63. The van der Waals surface area contributed by atoms with Crippen LogP contribution in [0.1, 0.15) is 39.7 Å². The molecule has 0 aliphatic carbocycles. The summed E-state index contributed by atoms with van der Waals surface area (Å²) in [4.78, 5) is 12.0. The van der Waals surface area contributed by atoms with Crippen LogP contribution in [-0.4, -0.2) is 44.4 Å². The van der Waals surface area contributed by atoms with E-state index < -0.39 is 0 Å². The maximum Gasteiger partial charge on any atom is 0.221 e. The van der Waals surface area contributed by atoms with Crippen molar-refractivity contribution in [2.24, 2.45) is 0 Å². The normalized spacial score (nSPS) is 19.6. The molecule has 5 heteroatoms. The number of rotatable bonds is 6. The summed E-state index contributed by atoms with van der Waals surface area (Å²) in [6.07, 6.45) is 0.435. The van der Waals surface area contributed by atoms with E-state index in [9.17, 15) is 4.79 Å². The third kappa shape index (κ3) is 6.13. The molecule has 0 saturated carbocycles. The third-order valence-corrected chi connectivity index (χ3v) is 4.06. The molecule has 0 bridgehead atoms. The molecule has 0 aromatic heterocycles. The third-order valence-electron chi connectivity index (χ3n) is 4.06. The fraction of sp³-hybridized carbons (Fsp3) is 0.632. The first kappa shape index (κ1) is 18.7. The molecule has 1 aromatic rings. The highest BCUT2D eigenvalue weighted by Gasteiger charge is 2.18. The average molecular weight is 334 g/mol. The van der Waals surface area contributed by atoms with Gasteiger partial charge in [0, 0.05) is 19.0 Å². The minimum atomic E-state index is -0.0377. The van der Waals surface area contributed by atoms with Crippen molar-refractivity contribution in [1.29, 1.82) is 0 Å². The summed E-state index contributed by atoms with van der Waals surface area (Å²) in [5.41, 5.74) is 1.41. The van der Waals surface area contributed by atoms with Gasteiger partial charge >= 0.3 is 0 Å². The predicted octanol–water partition coefficient (Wildman–Crippen LogP) is 2.25. The van der Waals surface area contributed by atoms with Gasteiger partial charge in [0.05, 0.1) is 19.3 Å². The summed E-state index contributed by atoms with van der Waals surface area (Å²) in [6.45, 7) is 11.1. The molecule has 0 spiro atoms. The monoisotopic (exact) mass is 334 g/mol. The Morgan fingerprint density at radius 1 is 1.38 bits per heavy atom. The summed E-state index contributed by atoms with van der Waals surface area (Å²) in [6, 6.07) is 8.22. The van der Waals surface area contributed by atoms with Crippen LogP contribution in [0.5, 0.6) is 5.75 Å². The van der Waals surface area contributed by atoms with Crippen LogP contribution in [0.3, 0.4) is 0 Å². The van der Waals surface area contributed by atoms with Crippen LogP contribution in [0.4, 0.5) is 0 Å². The van der Waals surface area contributed by atoms with Crippen LogP contribution < -0.4 is 15.4 Å². The molecular formula is C19H30N2O3. The van der Waals surface area contributed by atoms with Crippen molar-refractivity contribution >= 4 is 5.91 Å². The average Bonchev–Trinajstić information content (AvgIpc) is 2.53. The molecule has 1 aliphatic rings. The first-order valence-corrected chi connectivity index (χ1v) is 8.68. The zero-order valence-electron chi connectivity index (χ0n) is 15.2. The van der Waals surface area contributed by atoms with E-state index in [1.807, 2.05) is 19.1 Å². The number of morpholine rings is 1. The number of benzene rings is 1. The summed E-state index contributed by atoms with van der Waals surface area (Å²) in [5, 5.41) is 6.25. The SMILES string of the molecule is CC(COc1ccc(C(C)(C)C)cc1)NC(=O)CC1COCCN1. The van der Waals surface area contributed by atoms with E-state index >= 15 is 0 Å². The maximum atomic E-state index is 12.0. The second-order valence-electron chi connectivity index (χ2n) is 7.48. The highest BCUT2D eigenvalue weighted by atomic mass is 16.5. The molecule has 1 saturated heterocycles. The maximum absolute atomic E-state index is 12.0. The van der Waals surface area contributed by atoms with Crippen LogP contribution in [0.25, 0.3) is 0 Å². The molecule has 24 heavy (non-hydrogen) atoms. The van der Waals surface area contributed by atoms with Crippen molar-refractivity contribution in [3.8, 4) is 5.75 Å². The number of ether oxygens (including phenoxy) is 2. The molecule has 1 amide bonds. The molecule has 5 nitrogen and oxygen atoms in total. The molecule has 2 unspecified atom stereocenters. The number of hydrogen-bond donors (Lipinski definition) is 2. The first-order chi connectivity index (χ1) is 11.3. The van der Waals surface area contributed by atoms with Gasteiger partial charge in [-0.15, -0.1) is 0 Å². The van der Waals surface area contributed by atoms with Crippen LogP contribution in [0.15, 0.2) is 24.3 Å². The summed E-state index contributed by atoms with van der Waals surface area (Å²) >= 11 is 0. The molecule has 1 aromatic carbocycles. The van der Waals surface area contributed by atoms with Gasteiger partial charge in [-0.2, -0.15) is 0 Å². The second-order valence-corrected chi connectivity index (χ2v) is 7.48.